The molecule has 0 aliphatic carbocycles. The number of aryl methyl sites for hydroxylation is 1. The van der Waals surface area contributed by atoms with Gasteiger partial charge < -0.3 is 5.73 Å². The van der Waals surface area contributed by atoms with Crippen LogP contribution in [0.2, 0.25) is 0 Å². The quantitative estimate of drug-likeness (QED) is 0.797. The molecule has 0 heterocycles. The van der Waals surface area contributed by atoms with Crippen LogP contribution in [0.15, 0.2) is 24.3 Å². The van der Waals surface area contributed by atoms with Gasteiger partial charge in [0.1, 0.15) is 0 Å². The second-order valence-corrected chi connectivity index (χ2v) is 2.41. The maximum Gasteiger partial charge on any atom is 0.248 e. The lowest BCUT2D eigenvalue weighted by Gasteiger charge is -1.96. The number of rotatable bonds is 2. The molecule has 15 heavy (non-hydrogen) atoms. The SMILES string of the molecule is CC.CC.CCc1ccc(C(N)=O)cc1. The third-order valence-electron chi connectivity index (χ3n) is 1.65. The summed E-state index contributed by atoms with van der Waals surface area (Å²) in [6.07, 6.45) is 0.985. The molecule has 0 saturated carbocycles. The summed E-state index contributed by atoms with van der Waals surface area (Å²) in [5, 5.41) is 0. The lowest BCUT2D eigenvalue weighted by molar-refractivity contribution is 0.100. The number of hydrogen-bond donors (Lipinski definition) is 1. The van der Waals surface area contributed by atoms with Crippen LogP contribution in [0.3, 0.4) is 0 Å². The summed E-state index contributed by atoms with van der Waals surface area (Å²) in [5.41, 5.74) is 6.86. The van der Waals surface area contributed by atoms with Crippen molar-refractivity contribution in [3.05, 3.63) is 35.4 Å². The number of benzene rings is 1. The van der Waals surface area contributed by atoms with Crippen LogP contribution in [0.4, 0.5) is 0 Å². The Bertz CT molecular complexity index is 252. The second kappa shape index (κ2) is 10.8. The molecule has 0 aliphatic rings. The van der Waals surface area contributed by atoms with Crippen LogP contribution in [0.1, 0.15) is 50.5 Å². The van der Waals surface area contributed by atoms with Crippen molar-refractivity contribution in [2.75, 3.05) is 0 Å². The van der Waals surface area contributed by atoms with Crippen molar-refractivity contribution in [3.63, 3.8) is 0 Å². The molecule has 2 N–H and O–H groups in total. The van der Waals surface area contributed by atoms with E-state index in [0.717, 1.165) is 6.42 Å². The molecule has 2 heteroatoms. The van der Waals surface area contributed by atoms with Crippen LogP contribution in [-0.2, 0) is 6.42 Å². The third-order valence-corrected chi connectivity index (χ3v) is 1.65. The molecule has 0 aliphatic heterocycles. The van der Waals surface area contributed by atoms with Crippen LogP contribution in [0, 0.1) is 0 Å². The van der Waals surface area contributed by atoms with Gasteiger partial charge in [-0.05, 0) is 24.1 Å². The minimum Gasteiger partial charge on any atom is -0.366 e. The van der Waals surface area contributed by atoms with Gasteiger partial charge in [0.05, 0.1) is 0 Å². The van der Waals surface area contributed by atoms with Gasteiger partial charge in [0.15, 0.2) is 0 Å². The summed E-state index contributed by atoms with van der Waals surface area (Å²) in [4.78, 5) is 10.6. The molecule has 0 radical (unpaired) electrons. The van der Waals surface area contributed by atoms with Gasteiger partial charge in [0.2, 0.25) is 5.91 Å². The zero-order valence-electron chi connectivity index (χ0n) is 10.5. The van der Waals surface area contributed by atoms with Crippen molar-refractivity contribution in [2.45, 2.75) is 41.0 Å². The van der Waals surface area contributed by atoms with Crippen molar-refractivity contribution >= 4 is 5.91 Å². The molecule has 0 atom stereocenters. The first-order valence-electron chi connectivity index (χ1n) is 5.62. The zero-order valence-corrected chi connectivity index (χ0v) is 10.5. The van der Waals surface area contributed by atoms with Gasteiger partial charge in [-0.25, -0.2) is 0 Å². The lowest BCUT2D eigenvalue weighted by Crippen LogP contribution is -2.10. The Balaban J connectivity index is 0. The maximum atomic E-state index is 10.6. The van der Waals surface area contributed by atoms with Gasteiger partial charge in [-0.3, -0.25) is 4.79 Å². The minimum atomic E-state index is -0.368. The fourth-order valence-electron chi connectivity index (χ4n) is 0.905. The number of carbonyl (C=O) groups excluding carboxylic acids is 1. The van der Waals surface area contributed by atoms with Crippen molar-refractivity contribution in [2.24, 2.45) is 5.73 Å². The van der Waals surface area contributed by atoms with E-state index in [0.29, 0.717) is 5.56 Å². The molecule has 0 aromatic heterocycles. The van der Waals surface area contributed by atoms with Gasteiger partial charge in [-0.2, -0.15) is 0 Å². The van der Waals surface area contributed by atoms with E-state index in [-0.39, 0.29) is 5.91 Å². The standard InChI is InChI=1S/C9H11NO.2C2H6/c1-2-7-3-5-8(6-4-7)9(10)11;2*1-2/h3-6H,2H2,1H3,(H2,10,11);2*1-2H3. The number of amides is 1. The van der Waals surface area contributed by atoms with Crippen molar-refractivity contribution in [1.82, 2.24) is 0 Å². The summed E-state index contributed by atoms with van der Waals surface area (Å²) >= 11 is 0. The number of primary amides is 1. The molecule has 0 spiro atoms. The molecule has 2 nitrogen and oxygen atoms in total. The normalized spacial score (nSPS) is 7.80. The first-order chi connectivity index (χ1) is 7.24. The number of hydrogen-bond acceptors (Lipinski definition) is 1. The first-order valence-corrected chi connectivity index (χ1v) is 5.62. The maximum absolute atomic E-state index is 10.6. The highest BCUT2D eigenvalue weighted by Crippen LogP contribution is 2.03. The summed E-state index contributed by atoms with van der Waals surface area (Å²) in [5.74, 6) is -0.368. The highest BCUT2D eigenvalue weighted by molar-refractivity contribution is 5.92. The second-order valence-electron chi connectivity index (χ2n) is 2.41. The van der Waals surface area contributed by atoms with Crippen LogP contribution in [-0.4, -0.2) is 5.91 Å². The zero-order chi connectivity index (χ0) is 12.3. The fraction of sp³-hybridized carbons (Fsp3) is 0.462. The van der Waals surface area contributed by atoms with Crippen molar-refractivity contribution in [3.8, 4) is 0 Å². The topological polar surface area (TPSA) is 43.1 Å². The Labute approximate surface area is 93.5 Å². The van der Waals surface area contributed by atoms with Crippen LogP contribution in [0.5, 0.6) is 0 Å². The van der Waals surface area contributed by atoms with Crippen molar-refractivity contribution in [1.29, 1.82) is 0 Å². The average molecular weight is 209 g/mol. The molecule has 0 unspecified atom stereocenters. The lowest BCUT2D eigenvalue weighted by atomic mass is 10.1. The molecule has 0 fully saturated rings. The molecular weight excluding hydrogens is 186 g/mol. The van der Waals surface area contributed by atoms with Gasteiger partial charge in [0, 0.05) is 5.56 Å². The molecular formula is C13H23NO. The molecule has 1 amide bonds. The first kappa shape index (κ1) is 16.1. The monoisotopic (exact) mass is 209 g/mol. The van der Waals surface area contributed by atoms with Gasteiger partial charge >= 0.3 is 0 Å². The highest BCUT2D eigenvalue weighted by atomic mass is 16.1. The number of carbonyl (C=O) groups is 1. The Hall–Kier alpha value is -1.31. The Morgan fingerprint density at radius 1 is 1.07 bits per heavy atom. The largest absolute Gasteiger partial charge is 0.366 e. The van der Waals surface area contributed by atoms with Crippen LogP contribution in [0.25, 0.3) is 0 Å². The van der Waals surface area contributed by atoms with E-state index in [1.165, 1.54) is 5.56 Å². The van der Waals surface area contributed by atoms with E-state index >= 15 is 0 Å². The van der Waals surface area contributed by atoms with E-state index in [9.17, 15) is 4.79 Å². The highest BCUT2D eigenvalue weighted by Gasteiger charge is 1.97. The molecule has 86 valence electrons. The molecule has 1 aromatic carbocycles. The summed E-state index contributed by atoms with van der Waals surface area (Å²) in [6, 6.07) is 7.34. The summed E-state index contributed by atoms with van der Waals surface area (Å²) < 4.78 is 0. The smallest absolute Gasteiger partial charge is 0.248 e. The Morgan fingerprint density at radius 2 is 1.47 bits per heavy atom. The van der Waals surface area contributed by atoms with E-state index in [1.54, 1.807) is 12.1 Å². The third kappa shape index (κ3) is 6.72. The number of nitrogens with two attached hydrogens (primary N) is 1. The molecule has 0 saturated heterocycles. The van der Waals surface area contributed by atoms with Gasteiger partial charge in [0.25, 0.3) is 0 Å². The summed E-state index contributed by atoms with van der Waals surface area (Å²) in [7, 11) is 0. The predicted octanol–water partition coefficient (Wildman–Crippen LogP) is 3.40. The van der Waals surface area contributed by atoms with Crippen LogP contribution >= 0.6 is 0 Å². The fourth-order valence-corrected chi connectivity index (χ4v) is 0.905. The Kier molecular flexibility index (Phi) is 11.6. The Morgan fingerprint density at radius 3 is 1.73 bits per heavy atom. The molecule has 0 bridgehead atoms. The predicted molar refractivity (Wildman–Crippen MR) is 67.0 cm³/mol. The van der Waals surface area contributed by atoms with E-state index in [1.807, 2.05) is 39.8 Å². The molecule has 1 rings (SSSR count). The van der Waals surface area contributed by atoms with E-state index < -0.39 is 0 Å². The van der Waals surface area contributed by atoms with Gasteiger partial charge in [-0.1, -0.05) is 46.8 Å². The van der Waals surface area contributed by atoms with Crippen molar-refractivity contribution < 1.29 is 4.79 Å². The van der Waals surface area contributed by atoms with Crippen LogP contribution < -0.4 is 5.73 Å². The molecule has 1 aromatic rings. The summed E-state index contributed by atoms with van der Waals surface area (Å²) in [6.45, 7) is 10.1. The van der Waals surface area contributed by atoms with Gasteiger partial charge in [-0.15, -0.1) is 0 Å². The average Bonchev–Trinajstić information content (AvgIpc) is 2.34. The van der Waals surface area contributed by atoms with E-state index in [2.05, 4.69) is 6.92 Å². The van der Waals surface area contributed by atoms with E-state index in [4.69, 9.17) is 5.73 Å². The minimum absolute atomic E-state index is 0.368.